The summed E-state index contributed by atoms with van der Waals surface area (Å²) in [5.74, 6) is 0. The van der Waals surface area contributed by atoms with Crippen molar-refractivity contribution in [2.24, 2.45) is 0 Å². The molecule has 0 aliphatic carbocycles. The van der Waals surface area contributed by atoms with Crippen molar-refractivity contribution < 1.29 is 4.74 Å². The highest BCUT2D eigenvalue weighted by Crippen LogP contribution is 2.40. The normalized spacial score (nSPS) is 20.5. The number of aromatic amines is 1. The number of nitrogens with one attached hydrogen (secondary N) is 1. The van der Waals surface area contributed by atoms with Gasteiger partial charge in [0.2, 0.25) is 0 Å². The number of rotatable bonds is 2. The molecule has 24 heavy (non-hydrogen) atoms. The molecule has 1 N–H and O–H groups in total. The number of H-pyrrole nitrogens is 1. The summed E-state index contributed by atoms with van der Waals surface area (Å²) in [7, 11) is 0. The number of piperidine rings is 1. The third-order valence-corrected chi connectivity index (χ3v) is 5.35. The lowest BCUT2D eigenvalue weighted by Crippen LogP contribution is -2.46. The molecule has 0 atom stereocenters. The van der Waals surface area contributed by atoms with Crippen molar-refractivity contribution >= 4 is 5.65 Å². The molecular weight excluding hydrogens is 304 g/mol. The highest BCUT2D eigenvalue weighted by molar-refractivity contribution is 5.37. The summed E-state index contributed by atoms with van der Waals surface area (Å²) in [5.41, 5.74) is 4.43. The molecular formula is C17H20N6O. The second kappa shape index (κ2) is 5.39. The smallest absolute Gasteiger partial charge is 0.155 e. The summed E-state index contributed by atoms with van der Waals surface area (Å²) in [6.07, 6.45) is 6.52. The molecule has 124 valence electrons. The predicted molar refractivity (Wildman–Crippen MR) is 87.4 cm³/mol. The highest BCUT2D eigenvalue weighted by atomic mass is 16.5. The van der Waals surface area contributed by atoms with Gasteiger partial charge < -0.3 is 4.74 Å². The molecule has 0 amide bonds. The Balaban J connectivity index is 1.34. The molecule has 7 nitrogen and oxygen atoms in total. The van der Waals surface area contributed by atoms with Crippen LogP contribution in [0.25, 0.3) is 5.65 Å². The van der Waals surface area contributed by atoms with Crippen molar-refractivity contribution in [1.82, 2.24) is 29.7 Å². The van der Waals surface area contributed by atoms with E-state index in [1.807, 2.05) is 22.8 Å². The standard InChI is InChI=1S/C17H20N6O/c1-2-14(23-15(3-1)18-12-20-23)11-22-7-5-17(6-8-22)16-13(4-9-24-17)10-19-21-16/h1-3,10,12H,4-9,11H2,(H,19,21). The number of nitrogens with zero attached hydrogens (tertiary/aromatic N) is 5. The van der Waals surface area contributed by atoms with Crippen LogP contribution in [0, 0.1) is 0 Å². The lowest BCUT2D eigenvalue weighted by atomic mass is 9.84. The van der Waals surface area contributed by atoms with Gasteiger partial charge in [-0.25, -0.2) is 9.50 Å². The second-order valence-corrected chi connectivity index (χ2v) is 6.69. The quantitative estimate of drug-likeness (QED) is 0.774. The molecule has 0 radical (unpaired) electrons. The Labute approximate surface area is 139 Å². The number of hydrogen-bond donors (Lipinski definition) is 1. The van der Waals surface area contributed by atoms with Gasteiger partial charge in [0.1, 0.15) is 11.9 Å². The second-order valence-electron chi connectivity index (χ2n) is 6.69. The Hall–Kier alpha value is -2.25. The predicted octanol–water partition coefficient (Wildman–Crippen LogP) is 1.52. The lowest BCUT2D eigenvalue weighted by molar-refractivity contribution is -0.102. The largest absolute Gasteiger partial charge is 0.368 e. The highest BCUT2D eigenvalue weighted by Gasteiger charge is 2.42. The minimum Gasteiger partial charge on any atom is -0.368 e. The Morgan fingerprint density at radius 2 is 2.17 bits per heavy atom. The van der Waals surface area contributed by atoms with E-state index in [-0.39, 0.29) is 5.60 Å². The number of hydrogen-bond acceptors (Lipinski definition) is 5. The number of ether oxygens (including phenoxy) is 1. The van der Waals surface area contributed by atoms with Crippen LogP contribution in [0.5, 0.6) is 0 Å². The third kappa shape index (κ3) is 2.16. The number of fused-ring (bicyclic) bond motifs is 3. The van der Waals surface area contributed by atoms with E-state index in [1.165, 1.54) is 17.0 Å². The Morgan fingerprint density at radius 1 is 1.25 bits per heavy atom. The minimum atomic E-state index is -0.167. The van der Waals surface area contributed by atoms with Crippen LogP contribution in [0.1, 0.15) is 29.8 Å². The molecule has 1 spiro atoms. The third-order valence-electron chi connectivity index (χ3n) is 5.35. The van der Waals surface area contributed by atoms with Gasteiger partial charge in [-0.3, -0.25) is 10.00 Å². The Kier molecular flexibility index (Phi) is 3.17. The van der Waals surface area contributed by atoms with Crippen LogP contribution in [0.15, 0.2) is 30.7 Å². The van der Waals surface area contributed by atoms with E-state index in [1.54, 1.807) is 6.33 Å². The molecule has 7 heteroatoms. The molecule has 0 bridgehead atoms. The van der Waals surface area contributed by atoms with Crippen molar-refractivity contribution in [3.8, 4) is 0 Å². The average molecular weight is 324 g/mol. The molecule has 1 fully saturated rings. The number of pyridine rings is 1. The van der Waals surface area contributed by atoms with Crippen LogP contribution in [-0.4, -0.2) is 49.4 Å². The van der Waals surface area contributed by atoms with E-state index < -0.39 is 0 Å². The summed E-state index contributed by atoms with van der Waals surface area (Å²) in [6.45, 7) is 3.69. The Bertz CT molecular complexity index is 861. The number of aromatic nitrogens is 5. The van der Waals surface area contributed by atoms with E-state index in [0.717, 1.165) is 51.2 Å². The first-order chi connectivity index (χ1) is 11.8. The van der Waals surface area contributed by atoms with Crippen LogP contribution in [0.2, 0.25) is 0 Å². The maximum Gasteiger partial charge on any atom is 0.155 e. The van der Waals surface area contributed by atoms with Crippen LogP contribution in [0.4, 0.5) is 0 Å². The summed E-state index contributed by atoms with van der Waals surface area (Å²) < 4.78 is 8.15. The molecule has 0 aromatic carbocycles. The fourth-order valence-corrected chi connectivity index (χ4v) is 4.04. The molecule has 2 aliphatic rings. The monoisotopic (exact) mass is 324 g/mol. The van der Waals surface area contributed by atoms with Crippen molar-refractivity contribution in [2.45, 2.75) is 31.4 Å². The van der Waals surface area contributed by atoms with Crippen LogP contribution < -0.4 is 0 Å². The van der Waals surface area contributed by atoms with Crippen LogP contribution in [0.3, 0.4) is 0 Å². The topological polar surface area (TPSA) is 71.3 Å². The van der Waals surface area contributed by atoms with Gasteiger partial charge >= 0.3 is 0 Å². The lowest BCUT2D eigenvalue weighted by Gasteiger charge is -2.43. The maximum absolute atomic E-state index is 6.22. The molecule has 5 heterocycles. The van der Waals surface area contributed by atoms with Crippen LogP contribution in [-0.2, 0) is 23.3 Å². The fourth-order valence-electron chi connectivity index (χ4n) is 4.04. The molecule has 0 unspecified atom stereocenters. The zero-order valence-corrected chi connectivity index (χ0v) is 13.5. The SMILES string of the molecule is c1cc(CN2CCC3(CC2)OCCc2cn[nH]c23)n2ncnc2c1. The molecule has 1 saturated heterocycles. The number of likely N-dealkylation sites (tertiary alicyclic amines) is 1. The maximum atomic E-state index is 6.22. The first-order valence-electron chi connectivity index (χ1n) is 8.51. The summed E-state index contributed by atoms with van der Waals surface area (Å²) in [6, 6.07) is 6.15. The zero-order chi connectivity index (χ0) is 16.0. The van der Waals surface area contributed by atoms with Gasteiger partial charge in [0.05, 0.1) is 24.2 Å². The van der Waals surface area contributed by atoms with E-state index in [2.05, 4.69) is 31.2 Å². The van der Waals surface area contributed by atoms with Crippen LogP contribution >= 0.6 is 0 Å². The van der Waals surface area contributed by atoms with Crippen molar-refractivity contribution in [2.75, 3.05) is 19.7 Å². The first kappa shape index (κ1) is 14.1. The van der Waals surface area contributed by atoms with E-state index in [9.17, 15) is 0 Å². The molecule has 3 aromatic heterocycles. The average Bonchev–Trinajstić information content (AvgIpc) is 3.27. The molecule has 3 aromatic rings. The van der Waals surface area contributed by atoms with Gasteiger partial charge in [-0.05, 0) is 37.0 Å². The molecule has 2 aliphatic heterocycles. The molecule has 5 rings (SSSR count). The van der Waals surface area contributed by atoms with Crippen molar-refractivity contribution in [1.29, 1.82) is 0 Å². The van der Waals surface area contributed by atoms with Gasteiger partial charge in [-0.2, -0.15) is 10.2 Å². The fraction of sp³-hybridized carbons (Fsp3) is 0.471. The van der Waals surface area contributed by atoms with E-state index in [4.69, 9.17) is 4.74 Å². The minimum absolute atomic E-state index is 0.167. The van der Waals surface area contributed by atoms with Gasteiger partial charge in [0.25, 0.3) is 0 Å². The van der Waals surface area contributed by atoms with Crippen molar-refractivity contribution in [3.63, 3.8) is 0 Å². The summed E-state index contributed by atoms with van der Waals surface area (Å²) >= 11 is 0. The summed E-state index contributed by atoms with van der Waals surface area (Å²) in [4.78, 5) is 6.73. The van der Waals surface area contributed by atoms with Gasteiger partial charge in [-0.15, -0.1) is 0 Å². The van der Waals surface area contributed by atoms with E-state index >= 15 is 0 Å². The van der Waals surface area contributed by atoms with Crippen molar-refractivity contribution in [3.05, 3.63) is 47.7 Å². The van der Waals surface area contributed by atoms with Gasteiger partial charge in [0, 0.05) is 19.6 Å². The Morgan fingerprint density at radius 3 is 3.08 bits per heavy atom. The summed E-state index contributed by atoms with van der Waals surface area (Å²) in [5, 5.41) is 11.7. The van der Waals surface area contributed by atoms with Gasteiger partial charge in [-0.1, -0.05) is 6.07 Å². The molecule has 0 saturated carbocycles. The zero-order valence-electron chi connectivity index (χ0n) is 13.5. The van der Waals surface area contributed by atoms with E-state index in [0.29, 0.717) is 0 Å². The van der Waals surface area contributed by atoms with Gasteiger partial charge in [0.15, 0.2) is 5.65 Å². The first-order valence-corrected chi connectivity index (χ1v) is 8.51.